The molecule has 2 aliphatic heterocycles. The fraction of sp³-hybridized carbons (Fsp3) is 0.0141. The number of aryl methyl sites for hydroxylation is 1. The second-order valence-corrected chi connectivity index (χ2v) is 19.0. The van der Waals surface area contributed by atoms with E-state index in [1.165, 1.54) is 11.0 Å². The molecule has 0 spiro atoms. The Bertz CT molecular complexity index is 4090. The van der Waals surface area contributed by atoms with E-state index in [4.69, 9.17) is 23.7 Å². The largest absolute Gasteiger partial charge is 0.483 e. The average Bonchev–Trinajstić information content (AvgIpc) is 3.96. The van der Waals surface area contributed by atoms with Crippen LogP contribution in [-0.2, 0) is 53.8 Å². The number of fused-ring (bicyclic) bond motifs is 2. The molecule has 0 saturated heterocycles. The Hall–Kier alpha value is -9.51. The molecule has 0 unspecified atom stereocenters. The number of rotatable bonds is 14. The Kier molecular flexibility index (Phi) is 18.0. The molecule has 0 fully saturated rings. The Morgan fingerprint density at radius 1 is 0.298 bits per heavy atom. The van der Waals surface area contributed by atoms with Gasteiger partial charge in [-0.25, -0.2) is 0 Å². The normalized spacial score (nSPS) is 12.0. The van der Waals surface area contributed by atoms with Gasteiger partial charge in [0.1, 0.15) is 51.7 Å². The predicted octanol–water partition coefficient (Wildman–Crippen LogP) is 17.0. The van der Waals surface area contributed by atoms with Gasteiger partial charge in [-0.3, -0.25) is 29.0 Å². The van der Waals surface area contributed by atoms with E-state index < -0.39 is 0 Å². The summed E-state index contributed by atoms with van der Waals surface area (Å²) in [4.78, 5) is 53.4. The topological polar surface area (TPSA) is 121 Å². The van der Waals surface area contributed by atoms with Gasteiger partial charge < -0.3 is 23.7 Å². The molecule has 11 aromatic rings. The van der Waals surface area contributed by atoms with Crippen molar-refractivity contribution in [2.75, 3.05) is 9.80 Å². The number of carbonyl (C=O) groups is 4. The summed E-state index contributed by atoms with van der Waals surface area (Å²) in [5.41, 5.74) is 7.75. The van der Waals surface area contributed by atoms with E-state index in [2.05, 4.69) is 18.2 Å². The Morgan fingerprint density at radius 2 is 0.619 bits per heavy atom. The maximum Gasteiger partial charge on any atom is 0.240 e. The van der Waals surface area contributed by atoms with Gasteiger partial charge in [0.25, 0.3) is 0 Å². The van der Waals surface area contributed by atoms with Crippen LogP contribution < -0.4 is 33.5 Å². The number of hydrogen-bond acceptors (Lipinski definition) is 9. The number of benzene rings is 11. The summed E-state index contributed by atoms with van der Waals surface area (Å²) in [6, 6.07) is 86.2. The Morgan fingerprint density at radius 3 is 1.04 bits per heavy atom. The van der Waals surface area contributed by atoms with E-state index in [-0.39, 0.29) is 77.4 Å². The molecule has 0 aromatic heterocycles. The van der Waals surface area contributed by atoms with Crippen LogP contribution in [0.25, 0.3) is 22.3 Å². The minimum Gasteiger partial charge on any atom is -0.483 e. The molecular formula is C71H45N2O9WY-3. The summed E-state index contributed by atoms with van der Waals surface area (Å²) in [6.45, 7) is 2.01. The van der Waals surface area contributed by atoms with Crippen molar-refractivity contribution >= 4 is 35.0 Å². The zero-order valence-electron chi connectivity index (χ0n) is 44.8. The number of anilines is 2. The number of amides is 4. The van der Waals surface area contributed by atoms with Crippen LogP contribution in [0.4, 0.5) is 11.4 Å². The van der Waals surface area contributed by atoms with Gasteiger partial charge in [-0.1, -0.05) is 95.1 Å². The second kappa shape index (κ2) is 26.2. The number of nitrogens with zero attached hydrogens (tertiary/aromatic N) is 2. The third-order valence-corrected chi connectivity index (χ3v) is 13.4. The Balaban J connectivity index is 0.000000200. The molecule has 13 heteroatoms. The number of carbonyl (C=O) groups excluding carboxylic acids is 4. The summed E-state index contributed by atoms with van der Waals surface area (Å²) >= 11 is 0. The maximum absolute atomic E-state index is 12.8. The van der Waals surface area contributed by atoms with Crippen molar-refractivity contribution in [1.82, 2.24) is 0 Å². The first kappa shape index (κ1) is 57.7. The van der Waals surface area contributed by atoms with E-state index in [0.29, 0.717) is 62.4 Å². The van der Waals surface area contributed by atoms with Crippen LogP contribution in [0, 0.1) is 25.1 Å². The van der Waals surface area contributed by atoms with Crippen LogP contribution in [0.3, 0.4) is 0 Å². The third-order valence-electron chi connectivity index (χ3n) is 13.4. The van der Waals surface area contributed by atoms with Crippen LogP contribution in [0.5, 0.6) is 57.5 Å². The first-order chi connectivity index (χ1) is 40.1. The van der Waals surface area contributed by atoms with Gasteiger partial charge in [0, 0.05) is 71.7 Å². The first-order valence-electron chi connectivity index (χ1n) is 26.1. The van der Waals surface area contributed by atoms with Crippen molar-refractivity contribution in [2.45, 2.75) is 6.92 Å². The van der Waals surface area contributed by atoms with Gasteiger partial charge in [0.2, 0.25) is 23.6 Å². The summed E-state index contributed by atoms with van der Waals surface area (Å²) in [5, 5.41) is 0. The van der Waals surface area contributed by atoms with Gasteiger partial charge in [-0.15, -0.1) is 12.1 Å². The van der Waals surface area contributed by atoms with Crippen molar-refractivity contribution in [2.24, 2.45) is 0 Å². The molecule has 13 rings (SSSR count). The molecule has 0 atom stereocenters. The molecule has 84 heavy (non-hydrogen) atoms. The van der Waals surface area contributed by atoms with Crippen LogP contribution in [0.15, 0.2) is 255 Å². The molecule has 0 saturated carbocycles. The smallest absolute Gasteiger partial charge is 0.240 e. The van der Waals surface area contributed by atoms with Gasteiger partial charge in [-0.05, 0) is 144 Å². The van der Waals surface area contributed by atoms with E-state index in [1.807, 2.05) is 171 Å². The predicted molar refractivity (Wildman–Crippen MR) is 313 cm³/mol. The molecule has 2 heterocycles. The second-order valence-electron chi connectivity index (χ2n) is 19.0. The zero-order chi connectivity index (χ0) is 55.9. The first-order valence-corrected chi connectivity index (χ1v) is 26.1. The van der Waals surface area contributed by atoms with Crippen LogP contribution in [-0.4, -0.2) is 23.6 Å². The summed E-state index contributed by atoms with van der Waals surface area (Å²) in [7, 11) is 0. The van der Waals surface area contributed by atoms with Crippen molar-refractivity contribution in [3.63, 3.8) is 0 Å². The van der Waals surface area contributed by atoms with Crippen LogP contribution in [0.2, 0.25) is 0 Å². The summed E-state index contributed by atoms with van der Waals surface area (Å²) in [6.07, 6.45) is 0. The summed E-state index contributed by atoms with van der Waals surface area (Å²) in [5.74, 6) is 5.33. The molecule has 0 N–H and O–H groups in total. The van der Waals surface area contributed by atoms with Crippen LogP contribution in [0.1, 0.15) is 47.0 Å². The van der Waals surface area contributed by atoms with Crippen molar-refractivity contribution in [1.29, 1.82) is 0 Å². The standard InChI is InChI=1S/C44H27NO5.C27H18NO4.W.Y/c46-43-41-8-4-5-9-42(41)44(47)45(43)34-18-28-40(29-19-34)50-39-26-16-33(17-27-39)32-14-24-38(25-15-32)49-37-22-12-31(13-23-37)30-10-20-36(21-11-30)48-35-6-2-1-3-7-35;1-18-7-4-9-20(15-18)31-22-11-6-12-23(17-22)32-21-10-5-8-19(16-21)28-26(29)24-13-2-3-14-25(24)27(28)30;;/h2-4,6-29H;2,4-17H,1H3;;/q-2;-1;;. The van der Waals surface area contributed by atoms with Gasteiger partial charge in [0.15, 0.2) is 0 Å². The van der Waals surface area contributed by atoms with E-state index in [0.717, 1.165) is 61.5 Å². The molecule has 0 aliphatic carbocycles. The molecular weight excluding hydrogens is 1300 g/mol. The molecule has 4 amide bonds. The van der Waals surface area contributed by atoms with E-state index >= 15 is 0 Å². The van der Waals surface area contributed by atoms with Crippen LogP contribution >= 0.6 is 0 Å². The number of imide groups is 2. The number of hydrogen-bond donors (Lipinski definition) is 0. The van der Waals surface area contributed by atoms with Crippen molar-refractivity contribution in [3.05, 3.63) is 301 Å². The van der Waals surface area contributed by atoms with Gasteiger partial charge in [-0.2, -0.15) is 66.7 Å². The van der Waals surface area contributed by atoms with Crippen molar-refractivity contribution < 1.29 is 96.6 Å². The van der Waals surface area contributed by atoms with Gasteiger partial charge >= 0.3 is 0 Å². The molecule has 11 nitrogen and oxygen atoms in total. The fourth-order valence-electron chi connectivity index (χ4n) is 9.33. The van der Waals surface area contributed by atoms with E-state index in [1.54, 1.807) is 84.9 Å². The third kappa shape index (κ3) is 13.1. The summed E-state index contributed by atoms with van der Waals surface area (Å²) < 4.78 is 30.0. The van der Waals surface area contributed by atoms with Crippen molar-refractivity contribution in [3.8, 4) is 79.7 Å². The molecule has 2 aliphatic rings. The van der Waals surface area contributed by atoms with E-state index in [9.17, 15) is 19.2 Å². The average molecular weight is 1340 g/mol. The monoisotopic (exact) mass is 1340 g/mol. The molecule has 405 valence electrons. The minimum absolute atomic E-state index is 0. The zero-order valence-corrected chi connectivity index (χ0v) is 50.6. The minimum atomic E-state index is -0.368. The Labute approximate surface area is 524 Å². The van der Waals surface area contributed by atoms with Gasteiger partial charge in [0.05, 0.1) is 11.4 Å². The molecule has 11 aromatic carbocycles. The molecule has 1 radical (unpaired) electrons. The quantitative estimate of drug-likeness (QED) is 0.0774. The number of ether oxygens (including phenoxy) is 5. The fourth-order valence-corrected chi connectivity index (χ4v) is 9.33. The maximum atomic E-state index is 12.8. The molecule has 0 bridgehead atoms. The SMILES string of the molecule is Cc1cccc(Oc2cccc(Oc3cccc(N4C(=O)c5c[c-]ccc5C4=O)c3)c2)c1.O=C1c2c[c-]ccc2C(=O)N1c1ccc(Oc2ccc(-c3ccc(Oc4ccc(-c5ccc(Oc6cc[c-]cc6)cc5)cc4)cc3)cc2)cc1.[W].[Y].